The molecule has 116 valence electrons. The van der Waals surface area contributed by atoms with Gasteiger partial charge in [0.2, 0.25) is 0 Å². The number of aromatic nitrogens is 1. The van der Waals surface area contributed by atoms with E-state index in [-0.39, 0.29) is 5.91 Å². The molecule has 0 aliphatic heterocycles. The minimum atomic E-state index is -0.220. The number of pyridine rings is 1. The van der Waals surface area contributed by atoms with Crippen molar-refractivity contribution in [3.63, 3.8) is 0 Å². The van der Waals surface area contributed by atoms with E-state index in [1.165, 1.54) is 0 Å². The minimum absolute atomic E-state index is 0.220. The van der Waals surface area contributed by atoms with Crippen LogP contribution in [0.2, 0.25) is 5.02 Å². The number of rotatable bonds is 6. The Labute approximate surface area is 134 Å². The van der Waals surface area contributed by atoms with E-state index in [1.54, 1.807) is 25.4 Å². The minimum Gasteiger partial charge on any atom is -0.383 e. The summed E-state index contributed by atoms with van der Waals surface area (Å²) in [5, 5.41) is 6.62. The third-order valence-corrected chi connectivity index (χ3v) is 3.30. The summed E-state index contributed by atoms with van der Waals surface area (Å²) < 4.78 is 4.88. The first-order chi connectivity index (χ1) is 10.6. The molecule has 0 spiro atoms. The molecule has 5 nitrogen and oxygen atoms in total. The summed E-state index contributed by atoms with van der Waals surface area (Å²) in [6.45, 7) is 2.92. The van der Waals surface area contributed by atoms with Crippen molar-refractivity contribution >= 4 is 28.9 Å². The quantitative estimate of drug-likeness (QED) is 0.803. The molecule has 0 aliphatic rings. The number of ether oxygens (including phenoxy) is 1. The highest BCUT2D eigenvalue weighted by Gasteiger charge is 2.07. The fourth-order valence-electron chi connectivity index (χ4n) is 1.84. The van der Waals surface area contributed by atoms with Crippen LogP contribution >= 0.6 is 11.6 Å². The number of halogens is 1. The van der Waals surface area contributed by atoms with Gasteiger partial charge in [-0.2, -0.15) is 0 Å². The number of nitrogens with one attached hydrogen (secondary N) is 2. The number of nitrogens with zero attached hydrogens (tertiary/aromatic N) is 1. The van der Waals surface area contributed by atoms with Crippen LogP contribution in [-0.2, 0) is 4.74 Å². The Bertz CT molecular complexity index is 644. The highest BCUT2D eigenvalue weighted by Crippen LogP contribution is 2.23. The van der Waals surface area contributed by atoms with Crippen LogP contribution in [0.1, 0.15) is 16.1 Å². The van der Waals surface area contributed by atoms with Crippen molar-refractivity contribution in [2.24, 2.45) is 0 Å². The molecule has 0 atom stereocenters. The predicted octanol–water partition coefficient (Wildman–Crippen LogP) is 3.16. The zero-order chi connectivity index (χ0) is 15.9. The standard InChI is InChI=1S/C16H18ClN3O2/c1-11-3-4-12(17)9-15(11)20-13-5-6-14(19-10-13)16(21)18-7-8-22-2/h3-6,9-10,20H,7-8H2,1-2H3,(H,18,21). The summed E-state index contributed by atoms with van der Waals surface area (Å²) in [7, 11) is 1.59. The van der Waals surface area contributed by atoms with Gasteiger partial charge in [0, 0.05) is 24.4 Å². The van der Waals surface area contributed by atoms with E-state index in [1.807, 2.05) is 25.1 Å². The lowest BCUT2D eigenvalue weighted by atomic mass is 10.2. The Morgan fingerprint density at radius 3 is 2.82 bits per heavy atom. The van der Waals surface area contributed by atoms with E-state index in [2.05, 4.69) is 15.6 Å². The summed E-state index contributed by atoms with van der Waals surface area (Å²) in [6, 6.07) is 9.11. The van der Waals surface area contributed by atoms with Gasteiger partial charge in [-0.1, -0.05) is 17.7 Å². The predicted molar refractivity (Wildman–Crippen MR) is 87.9 cm³/mol. The van der Waals surface area contributed by atoms with E-state index < -0.39 is 0 Å². The first-order valence-corrected chi connectivity index (χ1v) is 7.24. The number of anilines is 2. The third kappa shape index (κ3) is 4.44. The maximum Gasteiger partial charge on any atom is 0.269 e. The third-order valence-electron chi connectivity index (χ3n) is 3.07. The number of hydrogen-bond donors (Lipinski definition) is 2. The Balaban J connectivity index is 2.02. The van der Waals surface area contributed by atoms with Crippen LogP contribution < -0.4 is 10.6 Å². The maximum atomic E-state index is 11.8. The Morgan fingerprint density at radius 1 is 1.32 bits per heavy atom. The smallest absolute Gasteiger partial charge is 0.269 e. The second kappa shape index (κ2) is 7.77. The van der Waals surface area contributed by atoms with Crippen LogP contribution in [0, 0.1) is 6.92 Å². The zero-order valence-electron chi connectivity index (χ0n) is 12.5. The molecule has 1 aromatic carbocycles. The lowest BCUT2D eigenvalue weighted by molar-refractivity contribution is 0.0932. The molecule has 0 saturated carbocycles. The van der Waals surface area contributed by atoms with Gasteiger partial charge >= 0.3 is 0 Å². The molecule has 22 heavy (non-hydrogen) atoms. The number of aryl methyl sites for hydroxylation is 1. The van der Waals surface area contributed by atoms with E-state index in [4.69, 9.17) is 16.3 Å². The molecule has 2 N–H and O–H groups in total. The van der Waals surface area contributed by atoms with Crippen molar-refractivity contribution in [2.75, 3.05) is 25.6 Å². The van der Waals surface area contributed by atoms with Gasteiger partial charge in [-0.15, -0.1) is 0 Å². The molecule has 0 saturated heterocycles. The Hall–Kier alpha value is -2.11. The fraction of sp³-hybridized carbons (Fsp3) is 0.250. The van der Waals surface area contributed by atoms with Crippen molar-refractivity contribution in [1.82, 2.24) is 10.3 Å². The van der Waals surface area contributed by atoms with E-state index in [0.29, 0.717) is 23.9 Å². The maximum absolute atomic E-state index is 11.8. The molecule has 0 fully saturated rings. The summed E-state index contributed by atoms with van der Waals surface area (Å²) in [5.74, 6) is -0.220. The lowest BCUT2D eigenvalue weighted by Crippen LogP contribution is -2.27. The molecule has 0 unspecified atom stereocenters. The normalized spacial score (nSPS) is 10.3. The monoisotopic (exact) mass is 319 g/mol. The molecule has 6 heteroatoms. The number of benzene rings is 1. The van der Waals surface area contributed by atoms with Gasteiger partial charge in [0.15, 0.2) is 0 Å². The number of carbonyl (C=O) groups excluding carboxylic acids is 1. The van der Waals surface area contributed by atoms with Crippen LogP contribution in [0.3, 0.4) is 0 Å². The van der Waals surface area contributed by atoms with Gasteiger partial charge in [-0.05, 0) is 36.8 Å². The molecule has 1 amide bonds. The van der Waals surface area contributed by atoms with Gasteiger partial charge in [0.25, 0.3) is 5.91 Å². The first-order valence-electron chi connectivity index (χ1n) is 6.86. The second-order valence-electron chi connectivity index (χ2n) is 4.77. The van der Waals surface area contributed by atoms with Gasteiger partial charge in [-0.25, -0.2) is 4.98 Å². The second-order valence-corrected chi connectivity index (χ2v) is 5.20. The average Bonchev–Trinajstić information content (AvgIpc) is 2.52. The Morgan fingerprint density at radius 2 is 2.14 bits per heavy atom. The summed E-state index contributed by atoms with van der Waals surface area (Å²) in [6.07, 6.45) is 1.62. The molecule has 1 heterocycles. The summed E-state index contributed by atoms with van der Waals surface area (Å²) >= 11 is 5.99. The van der Waals surface area contributed by atoms with Crippen LogP contribution in [0.15, 0.2) is 36.5 Å². The van der Waals surface area contributed by atoms with Crippen molar-refractivity contribution in [3.8, 4) is 0 Å². The highest BCUT2D eigenvalue weighted by molar-refractivity contribution is 6.30. The average molecular weight is 320 g/mol. The molecule has 2 aromatic rings. The summed E-state index contributed by atoms with van der Waals surface area (Å²) in [4.78, 5) is 16.0. The number of hydrogen-bond acceptors (Lipinski definition) is 4. The Kier molecular flexibility index (Phi) is 5.75. The van der Waals surface area contributed by atoms with Crippen molar-refractivity contribution < 1.29 is 9.53 Å². The molecule has 2 rings (SSSR count). The van der Waals surface area contributed by atoms with Crippen molar-refractivity contribution in [1.29, 1.82) is 0 Å². The van der Waals surface area contributed by atoms with Crippen molar-refractivity contribution in [3.05, 3.63) is 52.8 Å². The number of methoxy groups -OCH3 is 1. The number of carbonyl (C=O) groups is 1. The van der Waals surface area contributed by atoms with Crippen LogP contribution in [0.5, 0.6) is 0 Å². The molecule has 0 radical (unpaired) electrons. The van der Waals surface area contributed by atoms with E-state index in [9.17, 15) is 4.79 Å². The molecular formula is C16H18ClN3O2. The molecular weight excluding hydrogens is 302 g/mol. The van der Waals surface area contributed by atoms with E-state index >= 15 is 0 Å². The fourth-order valence-corrected chi connectivity index (χ4v) is 2.02. The van der Waals surface area contributed by atoms with Gasteiger partial charge in [0.05, 0.1) is 18.5 Å². The van der Waals surface area contributed by atoms with Crippen LogP contribution in [-0.4, -0.2) is 31.2 Å². The first kappa shape index (κ1) is 16.3. The lowest BCUT2D eigenvalue weighted by Gasteiger charge is -2.10. The largest absolute Gasteiger partial charge is 0.383 e. The molecule has 0 aliphatic carbocycles. The highest BCUT2D eigenvalue weighted by atomic mass is 35.5. The molecule has 1 aromatic heterocycles. The topological polar surface area (TPSA) is 63.2 Å². The zero-order valence-corrected chi connectivity index (χ0v) is 13.3. The van der Waals surface area contributed by atoms with Gasteiger partial charge in [0.1, 0.15) is 5.69 Å². The molecule has 0 bridgehead atoms. The SMILES string of the molecule is COCCNC(=O)c1ccc(Nc2cc(Cl)ccc2C)cn1. The summed E-state index contributed by atoms with van der Waals surface area (Å²) in [5.41, 5.74) is 3.14. The number of amides is 1. The van der Waals surface area contributed by atoms with E-state index in [0.717, 1.165) is 16.9 Å². The van der Waals surface area contributed by atoms with Crippen molar-refractivity contribution in [2.45, 2.75) is 6.92 Å². The van der Waals surface area contributed by atoms with Gasteiger partial charge < -0.3 is 15.4 Å². The van der Waals surface area contributed by atoms with Gasteiger partial charge in [-0.3, -0.25) is 4.79 Å². The van der Waals surface area contributed by atoms with Crippen LogP contribution in [0.25, 0.3) is 0 Å². The van der Waals surface area contributed by atoms with Crippen LogP contribution in [0.4, 0.5) is 11.4 Å².